The van der Waals surface area contributed by atoms with E-state index in [1.807, 2.05) is 26.0 Å². The molecule has 2 unspecified atom stereocenters. The molecule has 0 saturated carbocycles. The molecule has 0 spiro atoms. The van der Waals surface area contributed by atoms with Gasteiger partial charge in [-0.05, 0) is 32.4 Å². The van der Waals surface area contributed by atoms with Crippen LogP contribution in [0.3, 0.4) is 0 Å². The van der Waals surface area contributed by atoms with E-state index in [1.54, 1.807) is 6.20 Å². The third-order valence-corrected chi connectivity index (χ3v) is 5.13. The zero-order valence-electron chi connectivity index (χ0n) is 11.5. The summed E-state index contributed by atoms with van der Waals surface area (Å²) in [7, 11) is 0. The maximum atomic E-state index is 12.5. The molecule has 2 atom stereocenters. The Bertz CT molecular complexity index is 669. The number of carbonyl (C=O) groups is 1. The van der Waals surface area contributed by atoms with Gasteiger partial charge >= 0.3 is 0 Å². The van der Waals surface area contributed by atoms with E-state index in [0.29, 0.717) is 22.7 Å². The first kappa shape index (κ1) is 13.3. The molecule has 5 nitrogen and oxygen atoms in total. The second-order valence-electron chi connectivity index (χ2n) is 5.33. The van der Waals surface area contributed by atoms with Crippen molar-refractivity contribution in [1.29, 1.82) is 0 Å². The van der Waals surface area contributed by atoms with E-state index in [1.165, 1.54) is 11.3 Å². The monoisotopic (exact) mass is 291 g/mol. The molecule has 1 aliphatic rings. The largest absolute Gasteiger partial charge is 0.396 e. The van der Waals surface area contributed by atoms with E-state index in [9.17, 15) is 4.79 Å². The number of pyridine rings is 1. The van der Waals surface area contributed by atoms with Gasteiger partial charge in [0.05, 0.1) is 22.0 Å². The minimum atomic E-state index is -0.340. The Morgan fingerprint density at radius 2 is 2.45 bits per heavy atom. The molecule has 1 amide bonds. The lowest BCUT2D eigenvalue weighted by molar-refractivity contribution is 0.0731. The number of nitrogens with zero attached hydrogens (tertiary/aromatic N) is 1. The van der Waals surface area contributed by atoms with Crippen LogP contribution in [0.25, 0.3) is 10.2 Å². The molecular formula is C14H17N3O2S. The third kappa shape index (κ3) is 2.05. The summed E-state index contributed by atoms with van der Waals surface area (Å²) in [6.07, 6.45) is 2.49. The van der Waals surface area contributed by atoms with E-state index in [2.05, 4.69) is 10.3 Å². The first-order valence-corrected chi connectivity index (χ1v) is 7.40. The van der Waals surface area contributed by atoms with Crippen LogP contribution >= 0.6 is 11.3 Å². The molecule has 1 fully saturated rings. The molecule has 0 bridgehead atoms. The number of aromatic nitrogens is 1. The number of nitrogens with two attached hydrogens (primary N) is 1. The van der Waals surface area contributed by atoms with Gasteiger partial charge in [-0.2, -0.15) is 0 Å². The van der Waals surface area contributed by atoms with Crippen LogP contribution in [0.1, 0.15) is 29.9 Å². The van der Waals surface area contributed by atoms with E-state index in [-0.39, 0.29) is 17.6 Å². The van der Waals surface area contributed by atoms with Crippen LogP contribution in [0.4, 0.5) is 5.69 Å². The molecule has 2 aromatic heterocycles. The highest BCUT2D eigenvalue weighted by Crippen LogP contribution is 2.33. The maximum Gasteiger partial charge on any atom is 0.264 e. The van der Waals surface area contributed by atoms with Gasteiger partial charge in [-0.1, -0.05) is 0 Å². The summed E-state index contributed by atoms with van der Waals surface area (Å²) in [6, 6.07) is 3.76. The summed E-state index contributed by atoms with van der Waals surface area (Å²) in [6.45, 7) is 4.65. The van der Waals surface area contributed by atoms with Gasteiger partial charge in [0.15, 0.2) is 0 Å². The van der Waals surface area contributed by atoms with Crippen molar-refractivity contribution in [2.75, 3.05) is 12.3 Å². The number of amides is 1. The second-order valence-corrected chi connectivity index (χ2v) is 6.38. The fraction of sp³-hybridized carbons (Fsp3) is 0.429. The Morgan fingerprint density at radius 3 is 3.10 bits per heavy atom. The summed E-state index contributed by atoms with van der Waals surface area (Å²) in [5.41, 5.74) is 6.86. The lowest BCUT2D eigenvalue weighted by Crippen LogP contribution is -2.50. The molecule has 0 radical (unpaired) electrons. The number of ether oxygens (including phenoxy) is 1. The standard InChI is InChI=1S/C14H17N3O2S/c1-8-14(2,5-7-19-8)17-13(18)12-10(15)11-9(20-12)4-3-6-16-11/h3-4,6,8H,5,7,15H2,1-2H3,(H,17,18). The average molecular weight is 291 g/mol. The van der Waals surface area contributed by atoms with Gasteiger partial charge in [0, 0.05) is 12.8 Å². The van der Waals surface area contributed by atoms with E-state index in [4.69, 9.17) is 10.5 Å². The molecule has 0 aliphatic carbocycles. The van der Waals surface area contributed by atoms with Crippen LogP contribution in [-0.4, -0.2) is 29.1 Å². The topological polar surface area (TPSA) is 77.2 Å². The molecule has 3 N–H and O–H groups in total. The van der Waals surface area contributed by atoms with Crippen molar-refractivity contribution >= 4 is 33.1 Å². The van der Waals surface area contributed by atoms with Crippen LogP contribution in [0.15, 0.2) is 18.3 Å². The van der Waals surface area contributed by atoms with Crippen molar-refractivity contribution < 1.29 is 9.53 Å². The maximum absolute atomic E-state index is 12.5. The summed E-state index contributed by atoms with van der Waals surface area (Å²) < 4.78 is 6.47. The fourth-order valence-corrected chi connectivity index (χ4v) is 3.41. The lowest BCUT2D eigenvalue weighted by Gasteiger charge is -2.28. The molecular weight excluding hydrogens is 274 g/mol. The van der Waals surface area contributed by atoms with Crippen molar-refractivity contribution in [3.05, 3.63) is 23.2 Å². The van der Waals surface area contributed by atoms with Crippen LogP contribution in [0.2, 0.25) is 0 Å². The average Bonchev–Trinajstić information content (AvgIpc) is 2.92. The fourth-order valence-electron chi connectivity index (χ4n) is 2.43. The van der Waals surface area contributed by atoms with Gasteiger partial charge in [-0.25, -0.2) is 0 Å². The van der Waals surface area contributed by atoms with Crippen LogP contribution < -0.4 is 11.1 Å². The van der Waals surface area contributed by atoms with E-state index < -0.39 is 0 Å². The van der Waals surface area contributed by atoms with Crippen LogP contribution in [-0.2, 0) is 4.74 Å². The second kappa shape index (κ2) is 4.71. The first-order valence-electron chi connectivity index (χ1n) is 6.58. The number of nitrogens with one attached hydrogen (secondary N) is 1. The molecule has 1 saturated heterocycles. The number of anilines is 1. The van der Waals surface area contributed by atoms with Crippen molar-refractivity contribution in [3.8, 4) is 0 Å². The molecule has 20 heavy (non-hydrogen) atoms. The Hall–Kier alpha value is -1.66. The molecule has 6 heteroatoms. The normalized spacial score (nSPS) is 26.0. The highest BCUT2D eigenvalue weighted by Gasteiger charge is 2.39. The number of nitrogen functional groups attached to an aromatic ring is 1. The number of carbonyl (C=O) groups excluding carboxylic acids is 1. The molecule has 106 valence electrons. The zero-order chi connectivity index (χ0) is 14.3. The minimum Gasteiger partial charge on any atom is -0.396 e. The van der Waals surface area contributed by atoms with Gasteiger partial charge in [0.1, 0.15) is 10.4 Å². The van der Waals surface area contributed by atoms with Crippen molar-refractivity contribution in [1.82, 2.24) is 10.3 Å². The number of thiophene rings is 1. The highest BCUT2D eigenvalue weighted by molar-refractivity contribution is 7.21. The minimum absolute atomic E-state index is 0.000165. The number of hydrogen-bond acceptors (Lipinski definition) is 5. The summed E-state index contributed by atoms with van der Waals surface area (Å²) >= 11 is 1.37. The quantitative estimate of drug-likeness (QED) is 0.889. The van der Waals surface area contributed by atoms with Gasteiger partial charge in [-0.3, -0.25) is 9.78 Å². The van der Waals surface area contributed by atoms with E-state index >= 15 is 0 Å². The van der Waals surface area contributed by atoms with Crippen molar-refractivity contribution in [2.24, 2.45) is 0 Å². The van der Waals surface area contributed by atoms with Crippen LogP contribution in [0, 0.1) is 0 Å². The molecule has 1 aliphatic heterocycles. The smallest absolute Gasteiger partial charge is 0.264 e. The van der Waals surface area contributed by atoms with Crippen molar-refractivity contribution in [2.45, 2.75) is 31.9 Å². The SMILES string of the molecule is CC1OCCC1(C)NC(=O)c1sc2cccnc2c1N. The van der Waals surface area contributed by atoms with Gasteiger partial charge < -0.3 is 15.8 Å². The van der Waals surface area contributed by atoms with E-state index in [0.717, 1.165) is 11.1 Å². The Labute approximate surface area is 121 Å². The third-order valence-electron chi connectivity index (χ3n) is 3.97. The molecule has 2 aromatic rings. The first-order chi connectivity index (χ1) is 9.51. The lowest BCUT2D eigenvalue weighted by atomic mass is 9.94. The zero-order valence-corrected chi connectivity index (χ0v) is 12.3. The number of hydrogen-bond donors (Lipinski definition) is 2. The number of fused-ring (bicyclic) bond motifs is 1. The highest BCUT2D eigenvalue weighted by atomic mass is 32.1. The van der Waals surface area contributed by atoms with Gasteiger partial charge in [0.25, 0.3) is 5.91 Å². The van der Waals surface area contributed by atoms with Gasteiger partial charge in [0.2, 0.25) is 0 Å². The number of rotatable bonds is 2. The molecule has 3 heterocycles. The molecule has 3 rings (SSSR count). The predicted molar refractivity (Wildman–Crippen MR) is 79.9 cm³/mol. The summed E-state index contributed by atoms with van der Waals surface area (Å²) in [4.78, 5) is 17.2. The Morgan fingerprint density at radius 1 is 1.65 bits per heavy atom. The van der Waals surface area contributed by atoms with Crippen LogP contribution in [0.5, 0.6) is 0 Å². The molecule has 0 aromatic carbocycles. The Kier molecular flexibility index (Phi) is 3.14. The predicted octanol–water partition coefficient (Wildman–Crippen LogP) is 2.18. The van der Waals surface area contributed by atoms with Gasteiger partial charge in [-0.15, -0.1) is 11.3 Å². The Balaban J connectivity index is 1.91. The summed E-state index contributed by atoms with van der Waals surface area (Å²) in [5.74, 6) is -0.148. The summed E-state index contributed by atoms with van der Waals surface area (Å²) in [5, 5.41) is 3.06. The van der Waals surface area contributed by atoms with Crippen molar-refractivity contribution in [3.63, 3.8) is 0 Å².